The number of hydrogen-bond acceptors (Lipinski definition) is 4. The molecule has 3 aromatic rings. The third-order valence-corrected chi connectivity index (χ3v) is 5.09. The van der Waals surface area contributed by atoms with E-state index in [0.29, 0.717) is 11.1 Å². The van der Waals surface area contributed by atoms with E-state index >= 15 is 0 Å². The maximum absolute atomic E-state index is 12.9. The van der Waals surface area contributed by atoms with E-state index in [4.69, 9.17) is 9.72 Å². The number of hydrogen-bond donors (Lipinski definition) is 0. The molecule has 0 spiro atoms. The summed E-state index contributed by atoms with van der Waals surface area (Å²) in [4.78, 5) is 17.6. The molecule has 0 saturated carbocycles. The highest BCUT2D eigenvalue weighted by atomic mass is 32.2. The first-order valence-electron chi connectivity index (χ1n) is 8.29. The van der Waals surface area contributed by atoms with Crippen molar-refractivity contribution < 1.29 is 4.74 Å². The Morgan fingerprint density at radius 2 is 1.96 bits per heavy atom. The molecule has 0 fully saturated rings. The summed E-state index contributed by atoms with van der Waals surface area (Å²) >= 11 is 1.57. The smallest absolute Gasteiger partial charge is 0.262 e. The molecule has 2 aromatic carbocycles. The van der Waals surface area contributed by atoms with E-state index in [9.17, 15) is 4.79 Å². The lowest BCUT2D eigenvalue weighted by Crippen LogP contribution is -2.25. The van der Waals surface area contributed by atoms with Crippen LogP contribution in [0, 0.1) is 6.92 Å². The highest BCUT2D eigenvalue weighted by molar-refractivity contribution is 7.98. The fraction of sp³-hybridized carbons (Fsp3) is 0.300. The summed E-state index contributed by atoms with van der Waals surface area (Å²) in [7, 11) is 1.68. The van der Waals surface area contributed by atoms with Crippen molar-refractivity contribution >= 4 is 22.7 Å². The molecule has 0 amide bonds. The fourth-order valence-electron chi connectivity index (χ4n) is 2.85. The molecule has 0 aliphatic heterocycles. The number of fused-ring (bicyclic) bond motifs is 1. The molecule has 0 saturated heterocycles. The van der Waals surface area contributed by atoms with Gasteiger partial charge >= 0.3 is 0 Å². The van der Waals surface area contributed by atoms with Gasteiger partial charge in [-0.1, -0.05) is 41.6 Å². The third-order valence-electron chi connectivity index (χ3n) is 4.08. The van der Waals surface area contributed by atoms with Gasteiger partial charge in [-0.05, 0) is 39.0 Å². The number of para-hydroxylation sites is 1. The first-order chi connectivity index (χ1) is 12.0. The molecule has 1 aromatic heterocycles. The second-order valence-corrected chi connectivity index (χ2v) is 7.23. The minimum atomic E-state index is 0.0132. The number of rotatable bonds is 5. The Labute approximate surface area is 151 Å². The topological polar surface area (TPSA) is 44.1 Å². The van der Waals surface area contributed by atoms with Gasteiger partial charge in [-0.15, -0.1) is 0 Å². The lowest BCUT2D eigenvalue weighted by Gasteiger charge is -2.16. The summed E-state index contributed by atoms with van der Waals surface area (Å²) in [6.07, 6.45) is 0. The third kappa shape index (κ3) is 3.56. The van der Waals surface area contributed by atoms with Crippen LogP contribution < -0.4 is 10.3 Å². The average Bonchev–Trinajstić information content (AvgIpc) is 2.59. The second kappa shape index (κ2) is 7.31. The van der Waals surface area contributed by atoms with Gasteiger partial charge in [0, 0.05) is 17.4 Å². The summed E-state index contributed by atoms with van der Waals surface area (Å²) < 4.78 is 7.23. The number of aryl methyl sites for hydroxylation is 1. The largest absolute Gasteiger partial charge is 0.496 e. The van der Waals surface area contributed by atoms with Crippen molar-refractivity contribution in [3.8, 4) is 5.75 Å². The number of nitrogens with zero attached hydrogens (tertiary/aromatic N) is 2. The van der Waals surface area contributed by atoms with Crippen LogP contribution in [0.5, 0.6) is 5.75 Å². The maximum atomic E-state index is 12.9. The quantitative estimate of drug-likeness (QED) is 0.497. The summed E-state index contributed by atoms with van der Waals surface area (Å²) in [5.74, 6) is 1.56. The normalized spacial score (nSPS) is 11.2. The Hall–Kier alpha value is -2.27. The van der Waals surface area contributed by atoms with Gasteiger partial charge < -0.3 is 4.74 Å². The molecule has 3 rings (SSSR count). The predicted molar refractivity (Wildman–Crippen MR) is 104 cm³/mol. The number of ether oxygens (including phenoxy) is 1. The molecule has 0 bridgehead atoms. The van der Waals surface area contributed by atoms with E-state index < -0.39 is 0 Å². The number of methoxy groups -OCH3 is 1. The van der Waals surface area contributed by atoms with E-state index in [1.165, 1.54) is 5.56 Å². The zero-order valence-corrected chi connectivity index (χ0v) is 15.8. The van der Waals surface area contributed by atoms with Gasteiger partial charge in [0.15, 0.2) is 5.16 Å². The summed E-state index contributed by atoms with van der Waals surface area (Å²) in [5.41, 5.74) is 3.04. The van der Waals surface area contributed by atoms with Crippen LogP contribution in [0.15, 0.2) is 52.4 Å². The van der Waals surface area contributed by atoms with E-state index in [0.717, 1.165) is 22.0 Å². The Morgan fingerprint density at radius 1 is 1.20 bits per heavy atom. The van der Waals surface area contributed by atoms with Crippen molar-refractivity contribution in [2.24, 2.45) is 0 Å². The van der Waals surface area contributed by atoms with Crippen molar-refractivity contribution in [1.82, 2.24) is 9.55 Å². The summed E-state index contributed by atoms with van der Waals surface area (Å²) in [6.45, 7) is 6.08. The van der Waals surface area contributed by atoms with Crippen LogP contribution in [-0.4, -0.2) is 16.7 Å². The molecule has 0 aliphatic rings. The molecular weight excluding hydrogens is 332 g/mol. The van der Waals surface area contributed by atoms with Gasteiger partial charge in [-0.3, -0.25) is 9.36 Å². The van der Waals surface area contributed by atoms with Crippen LogP contribution in [0.2, 0.25) is 0 Å². The first-order valence-corrected chi connectivity index (χ1v) is 9.27. The average molecular weight is 354 g/mol. The summed E-state index contributed by atoms with van der Waals surface area (Å²) in [5, 5.41) is 1.40. The molecule has 0 N–H and O–H groups in total. The Kier molecular flexibility index (Phi) is 5.13. The van der Waals surface area contributed by atoms with Crippen molar-refractivity contribution in [3.05, 3.63) is 63.9 Å². The summed E-state index contributed by atoms with van der Waals surface area (Å²) in [6, 6.07) is 13.7. The van der Waals surface area contributed by atoms with Gasteiger partial charge in [-0.2, -0.15) is 0 Å². The Balaban J connectivity index is 2.03. The Morgan fingerprint density at radius 3 is 2.68 bits per heavy atom. The molecule has 0 radical (unpaired) electrons. The lowest BCUT2D eigenvalue weighted by molar-refractivity contribution is 0.411. The van der Waals surface area contributed by atoms with Crippen molar-refractivity contribution in [1.29, 1.82) is 0 Å². The van der Waals surface area contributed by atoms with Crippen LogP contribution in [0.1, 0.15) is 31.0 Å². The maximum Gasteiger partial charge on any atom is 0.262 e. The number of aromatic nitrogens is 2. The Bertz CT molecular complexity index is 964. The van der Waals surface area contributed by atoms with Gasteiger partial charge in [0.25, 0.3) is 5.56 Å². The zero-order valence-electron chi connectivity index (χ0n) is 14.9. The standard InChI is InChI=1S/C20H22N2O2S/c1-13(2)22-19(23)16-7-5-6-8-17(16)21-20(22)25-12-15-11-14(3)9-10-18(15)24-4/h5-11,13H,12H2,1-4H3. The number of thioether (sulfide) groups is 1. The monoisotopic (exact) mass is 354 g/mol. The molecule has 25 heavy (non-hydrogen) atoms. The molecule has 4 nitrogen and oxygen atoms in total. The van der Waals surface area contributed by atoms with Crippen molar-refractivity contribution in [2.75, 3.05) is 7.11 Å². The van der Waals surface area contributed by atoms with Crippen LogP contribution in [-0.2, 0) is 5.75 Å². The molecular formula is C20H22N2O2S. The van der Waals surface area contributed by atoms with Gasteiger partial charge in [0.1, 0.15) is 5.75 Å². The van der Waals surface area contributed by atoms with Gasteiger partial charge in [0.05, 0.1) is 18.0 Å². The van der Waals surface area contributed by atoms with Crippen LogP contribution >= 0.6 is 11.8 Å². The van der Waals surface area contributed by atoms with E-state index in [2.05, 4.69) is 13.0 Å². The lowest BCUT2D eigenvalue weighted by atomic mass is 10.1. The van der Waals surface area contributed by atoms with Gasteiger partial charge in [-0.25, -0.2) is 4.98 Å². The predicted octanol–water partition coefficient (Wildman–Crippen LogP) is 4.59. The zero-order chi connectivity index (χ0) is 18.0. The second-order valence-electron chi connectivity index (χ2n) is 6.28. The molecule has 0 unspecified atom stereocenters. The fourth-order valence-corrected chi connectivity index (χ4v) is 3.95. The van der Waals surface area contributed by atoms with Crippen molar-refractivity contribution in [2.45, 2.75) is 37.7 Å². The molecule has 130 valence electrons. The van der Waals surface area contributed by atoms with Gasteiger partial charge in [0.2, 0.25) is 0 Å². The highest BCUT2D eigenvalue weighted by Gasteiger charge is 2.15. The van der Waals surface area contributed by atoms with Crippen LogP contribution in [0.25, 0.3) is 10.9 Å². The molecule has 0 aliphatic carbocycles. The van der Waals surface area contributed by atoms with E-state index in [1.807, 2.05) is 50.2 Å². The minimum Gasteiger partial charge on any atom is -0.496 e. The number of benzene rings is 2. The van der Waals surface area contributed by atoms with Crippen LogP contribution in [0.4, 0.5) is 0 Å². The molecule has 5 heteroatoms. The molecule has 0 atom stereocenters. The van der Waals surface area contributed by atoms with Crippen LogP contribution in [0.3, 0.4) is 0 Å². The first kappa shape index (κ1) is 17.5. The highest BCUT2D eigenvalue weighted by Crippen LogP contribution is 2.29. The SMILES string of the molecule is COc1ccc(C)cc1CSc1nc2ccccc2c(=O)n1C(C)C. The minimum absolute atomic E-state index is 0.0132. The van der Waals surface area contributed by atoms with Crippen molar-refractivity contribution in [3.63, 3.8) is 0 Å². The molecule has 1 heterocycles. The van der Waals surface area contributed by atoms with E-state index in [1.54, 1.807) is 23.4 Å². The van der Waals surface area contributed by atoms with E-state index in [-0.39, 0.29) is 11.6 Å².